The van der Waals surface area contributed by atoms with Crippen LogP contribution in [0, 0.1) is 5.92 Å². The summed E-state index contributed by atoms with van der Waals surface area (Å²) in [6, 6.07) is 0. The van der Waals surface area contributed by atoms with Crippen LogP contribution in [-0.2, 0) is 9.53 Å². The number of esters is 1. The van der Waals surface area contributed by atoms with E-state index in [4.69, 9.17) is 4.74 Å². The molecule has 2 fully saturated rings. The van der Waals surface area contributed by atoms with Crippen LogP contribution in [0.15, 0.2) is 0 Å². The predicted octanol–water partition coefficient (Wildman–Crippen LogP) is 3.05. The van der Waals surface area contributed by atoms with E-state index in [0.29, 0.717) is 6.42 Å². The summed E-state index contributed by atoms with van der Waals surface area (Å²) in [7, 11) is 0. The van der Waals surface area contributed by atoms with Crippen molar-refractivity contribution in [1.29, 1.82) is 0 Å². The molecule has 1 heterocycles. The molecule has 1 saturated heterocycles. The average molecular weight is 196 g/mol. The molecule has 0 N–H and O–H groups in total. The molecule has 0 radical (unpaired) electrons. The average Bonchev–Trinajstić information content (AvgIpc) is 2.53. The van der Waals surface area contributed by atoms with Crippen molar-refractivity contribution in [2.24, 2.45) is 5.92 Å². The zero-order valence-corrected chi connectivity index (χ0v) is 9.05. The normalized spacial score (nSPS) is 37.5. The molecule has 14 heavy (non-hydrogen) atoms. The summed E-state index contributed by atoms with van der Waals surface area (Å²) < 4.78 is 5.48. The molecule has 2 heteroatoms. The zero-order valence-electron chi connectivity index (χ0n) is 9.05. The number of hydrogen-bond acceptors (Lipinski definition) is 2. The molecule has 1 aliphatic heterocycles. The summed E-state index contributed by atoms with van der Waals surface area (Å²) in [4.78, 5) is 11.1. The summed E-state index contributed by atoms with van der Waals surface area (Å²) in [5.41, 5.74) is -0.0265. The van der Waals surface area contributed by atoms with Gasteiger partial charge < -0.3 is 4.74 Å². The lowest BCUT2D eigenvalue weighted by molar-refractivity contribution is -0.151. The maximum Gasteiger partial charge on any atom is 0.306 e. The number of carbonyl (C=O) groups excluding carboxylic acids is 1. The van der Waals surface area contributed by atoms with Crippen LogP contribution in [0.3, 0.4) is 0 Å². The van der Waals surface area contributed by atoms with Gasteiger partial charge in [-0.1, -0.05) is 19.8 Å². The largest absolute Gasteiger partial charge is 0.459 e. The van der Waals surface area contributed by atoms with Gasteiger partial charge in [-0.25, -0.2) is 0 Å². The quantitative estimate of drug-likeness (QED) is 0.634. The number of hydrogen-bond donors (Lipinski definition) is 0. The van der Waals surface area contributed by atoms with Crippen molar-refractivity contribution in [1.82, 2.24) is 0 Å². The molecule has 0 aromatic rings. The molecule has 0 aromatic heterocycles. The van der Waals surface area contributed by atoms with Crippen molar-refractivity contribution in [2.45, 2.75) is 63.9 Å². The maximum absolute atomic E-state index is 11.1. The molecule has 2 rings (SSSR count). The van der Waals surface area contributed by atoms with E-state index in [9.17, 15) is 4.79 Å². The molecule has 2 nitrogen and oxygen atoms in total. The molecule has 0 bridgehead atoms. The molecule has 2 aliphatic rings. The van der Waals surface area contributed by atoms with Crippen molar-refractivity contribution < 1.29 is 9.53 Å². The second-order valence-electron chi connectivity index (χ2n) is 4.89. The minimum absolute atomic E-state index is 0.0265. The van der Waals surface area contributed by atoms with Crippen LogP contribution in [0.1, 0.15) is 58.3 Å². The smallest absolute Gasteiger partial charge is 0.306 e. The summed E-state index contributed by atoms with van der Waals surface area (Å²) in [5.74, 6) is 0.920. The lowest BCUT2D eigenvalue weighted by atomic mass is 9.76. The third-order valence-electron chi connectivity index (χ3n) is 3.83. The minimum Gasteiger partial charge on any atom is -0.459 e. The summed E-state index contributed by atoms with van der Waals surface area (Å²) >= 11 is 0. The Morgan fingerprint density at radius 3 is 2.57 bits per heavy atom. The van der Waals surface area contributed by atoms with Gasteiger partial charge in [0.2, 0.25) is 0 Å². The SMILES string of the molecule is CCCC1CCC2(CCC(=O)O2)CC1. The van der Waals surface area contributed by atoms with Gasteiger partial charge in [0.15, 0.2) is 0 Å². The fourth-order valence-corrected chi connectivity index (χ4v) is 2.93. The van der Waals surface area contributed by atoms with Crippen molar-refractivity contribution in [3.05, 3.63) is 0 Å². The minimum atomic E-state index is -0.0265. The van der Waals surface area contributed by atoms with E-state index < -0.39 is 0 Å². The molecular formula is C12H20O2. The highest BCUT2D eigenvalue weighted by Crippen LogP contribution is 2.42. The van der Waals surface area contributed by atoms with Crippen LogP contribution < -0.4 is 0 Å². The Kier molecular flexibility index (Phi) is 2.80. The molecule has 0 unspecified atom stereocenters. The van der Waals surface area contributed by atoms with E-state index in [1.54, 1.807) is 0 Å². The van der Waals surface area contributed by atoms with Gasteiger partial charge in [0.05, 0.1) is 0 Å². The third-order valence-corrected chi connectivity index (χ3v) is 3.83. The van der Waals surface area contributed by atoms with Gasteiger partial charge in [-0.05, 0) is 38.0 Å². The van der Waals surface area contributed by atoms with Crippen molar-refractivity contribution in [2.75, 3.05) is 0 Å². The van der Waals surface area contributed by atoms with Gasteiger partial charge in [-0.3, -0.25) is 4.79 Å². The standard InChI is InChI=1S/C12H20O2/c1-2-3-10-4-7-12(8-5-10)9-6-11(13)14-12/h10H,2-9H2,1H3. The van der Waals surface area contributed by atoms with E-state index in [1.165, 1.54) is 25.7 Å². The Morgan fingerprint density at radius 1 is 1.36 bits per heavy atom. The van der Waals surface area contributed by atoms with Gasteiger partial charge in [0.25, 0.3) is 0 Å². The Bertz CT molecular complexity index is 214. The van der Waals surface area contributed by atoms with Crippen LogP contribution in [0.5, 0.6) is 0 Å². The molecule has 80 valence electrons. The van der Waals surface area contributed by atoms with Crippen molar-refractivity contribution in [3.8, 4) is 0 Å². The molecule has 1 aliphatic carbocycles. The third kappa shape index (κ3) is 1.94. The van der Waals surface area contributed by atoms with Gasteiger partial charge in [0, 0.05) is 6.42 Å². The van der Waals surface area contributed by atoms with Crippen LogP contribution in [0.2, 0.25) is 0 Å². The summed E-state index contributed by atoms with van der Waals surface area (Å²) in [6.07, 6.45) is 9.03. The first-order valence-electron chi connectivity index (χ1n) is 5.96. The fraction of sp³-hybridized carbons (Fsp3) is 0.917. The summed E-state index contributed by atoms with van der Waals surface area (Å²) in [5, 5.41) is 0. The summed E-state index contributed by atoms with van der Waals surface area (Å²) in [6.45, 7) is 2.25. The topological polar surface area (TPSA) is 26.3 Å². The maximum atomic E-state index is 11.1. The van der Waals surface area contributed by atoms with Gasteiger partial charge in [-0.15, -0.1) is 0 Å². The van der Waals surface area contributed by atoms with Gasteiger partial charge in [0.1, 0.15) is 5.60 Å². The first-order chi connectivity index (χ1) is 6.74. The Labute approximate surface area is 86.0 Å². The molecular weight excluding hydrogens is 176 g/mol. The van der Waals surface area contributed by atoms with E-state index in [0.717, 1.165) is 25.2 Å². The lowest BCUT2D eigenvalue weighted by Crippen LogP contribution is -2.33. The van der Waals surface area contributed by atoms with E-state index >= 15 is 0 Å². The number of carbonyl (C=O) groups is 1. The molecule has 0 atom stereocenters. The highest BCUT2D eigenvalue weighted by atomic mass is 16.6. The van der Waals surface area contributed by atoms with Crippen LogP contribution in [0.4, 0.5) is 0 Å². The van der Waals surface area contributed by atoms with Crippen LogP contribution in [0.25, 0.3) is 0 Å². The first-order valence-corrected chi connectivity index (χ1v) is 5.96. The Hall–Kier alpha value is -0.530. The lowest BCUT2D eigenvalue weighted by Gasteiger charge is -2.35. The number of ether oxygens (including phenoxy) is 1. The second kappa shape index (κ2) is 3.92. The van der Waals surface area contributed by atoms with Gasteiger partial charge >= 0.3 is 5.97 Å². The van der Waals surface area contributed by atoms with Crippen LogP contribution >= 0.6 is 0 Å². The Balaban J connectivity index is 1.86. The first kappa shape index (κ1) is 10.0. The molecule has 1 saturated carbocycles. The van der Waals surface area contributed by atoms with Crippen LogP contribution in [-0.4, -0.2) is 11.6 Å². The molecule has 0 aromatic carbocycles. The zero-order chi connectivity index (χ0) is 10.0. The highest BCUT2D eigenvalue weighted by molar-refractivity contribution is 5.72. The van der Waals surface area contributed by atoms with E-state index in [-0.39, 0.29) is 11.6 Å². The van der Waals surface area contributed by atoms with Gasteiger partial charge in [-0.2, -0.15) is 0 Å². The molecule has 0 amide bonds. The predicted molar refractivity (Wildman–Crippen MR) is 54.9 cm³/mol. The van der Waals surface area contributed by atoms with Crippen molar-refractivity contribution >= 4 is 5.97 Å². The second-order valence-corrected chi connectivity index (χ2v) is 4.89. The molecule has 1 spiro atoms. The highest BCUT2D eigenvalue weighted by Gasteiger charge is 2.42. The Morgan fingerprint density at radius 2 is 2.07 bits per heavy atom. The van der Waals surface area contributed by atoms with Crippen molar-refractivity contribution in [3.63, 3.8) is 0 Å². The fourth-order valence-electron chi connectivity index (χ4n) is 2.93. The van der Waals surface area contributed by atoms with E-state index in [2.05, 4.69) is 6.92 Å². The number of rotatable bonds is 2. The van der Waals surface area contributed by atoms with E-state index in [1.807, 2.05) is 0 Å². The monoisotopic (exact) mass is 196 g/mol.